The molecule has 1 amide bonds. The summed E-state index contributed by atoms with van der Waals surface area (Å²) in [5, 5.41) is 1.73. The zero-order chi connectivity index (χ0) is 22.9. The normalized spacial score (nSPS) is 21.5. The number of piperazine rings is 1. The Balaban J connectivity index is 1.38. The summed E-state index contributed by atoms with van der Waals surface area (Å²) in [4.78, 5) is 15.0. The molecular weight excluding hydrogens is 470 g/mol. The molecule has 0 saturated carbocycles. The van der Waals surface area contributed by atoms with Gasteiger partial charge < -0.3 is 4.90 Å². The molecule has 11 heteroatoms. The van der Waals surface area contributed by atoms with E-state index in [2.05, 4.69) is 0 Å². The number of sulfonamides is 2. The smallest absolute Gasteiger partial charge is 0.252 e. The second-order valence-corrected chi connectivity index (χ2v) is 13.2. The molecule has 2 aliphatic heterocycles. The maximum atomic E-state index is 13.1. The summed E-state index contributed by atoms with van der Waals surface area (Å²) in [6.07, 6.45) is 1.26. The van der Waals surface area contributed by atoms with Gasteiger partial charge in [-0.3, -0.25) is 4.79 Å². The molecule has 1 aromatic carbocycles. The Kier molecular flexibility index (Phi) is 6.73. The molecule has 1 atom stereocenters. The van der Waals surface area contributed by atoms with Gasteiger partial charge in [0.05, 0.1) is 10.8 Å². The standard InChI is InChI=1S/C21H27N3O5S3/c1-17-6-8-19(9-7-17)31(26,27)23-13-11-22(12-14-23)21(25)18-4-2-10-24(16-18)32(28,29)20-5-3-15-30-20/h3,5-9,15,18H,2,4,10-14,16H2,1H3. The van der Waals surface area contributed by atoms with E-state index in [0.29, 0.717) is 36.7 Å². The first-order valence-corrected chi connectivity index (χ1v) is 14.3. The van der Waals surface area contributed by atoms with E-state index in [9.17, 15) is 21.6 Å². The fourth-order valence-electron chi connectivity index (χ4n) is 4.17. The lowest BCUT2D eigenvalue weighted by atomic mass is 9.98. The van der Waals surface area contributed by atoms with Crippen molar-refractivity contribution in [2.24, 2.45) is 5.92 Å². The number of thiophene rings is 1. The molecule has 0 aliphatic carbocycles. The number of carbonyl (C=O) groups is 1. The Morgan fingerprint density at radius 3 is 2.22 bits per heavy atom. The predicted octanol–water partition coefficient (Wildman–Crippen LogP) is 1.99. The van der Waals surface area contributed by atoms with Crippen LogP contribution in [0.2, 0.25) is 0 Å². The van der Waals surface area contributed by atoms with Crippen LogP contribution in [0.1, 0.15) is 18.4 Å². The minimum Gasteiger partial charge on any atom is -0.340 e. The third-order valence-electron chi connectivity index (χ3n) is 6.03. The molecule has 1 unspecified atom stereocenters. The maximum Gasteiger partial charge on any atom is 0.252 e. The topological polar surface area (TPSA) is 95.1 Å². The van der Waals surface area contributed by atoms with Crippen molar-refractivity contribution in [3.8, 4) is 0 Å². The predicted molar refractivity (Wildman–Crippen MR) is 122 cm³/mol. The average molecular weight is 498 g/mol. The van der Waals surface area contributed by atoms with Crippen molar-refractivity contribution in [2.45, 2.75) is 28.9 Å². The highest BCUT2D eigenvalue weighted by atomic mass is 32.2. The maximum absolute atomic E-state index is 13.1. The lowest BCUT2D eigenvalue weighted by Gasteiger charge is -2.38. The van der Waals surface area contributed by atoms with Crippen molar-refractivity contribution in [3.05, 3.63) is 47.3 Å². The van der Waals surface area contributed by atoms with E-state index in [1.807, 2.05) is 6.92 Å². The molecule has 3 heterocycles. The summed E-state index contributed by atoms with van der Waals surface area (Å²) in [7, 11) is -7.18. The van der Waals surface area contributed by atoms with Gasteiger partial charge in [-0.15, -0.1) is 11.3 Å². The quantitative estimate of drug-likeness (QED) is 0.630. The Labute approximate surface area is 193 Å². The number of nitrogens with zero attached hydrogens (tertiary/aromatic N) is 3. The Hall–Kier alpha value is -1.79. The van der Waals surface area contributed by atoms with Crippen LogP contribution in [0.15, 0.2) is 50.9 Å². The zero-order valence-electron chi connectivity index (χ0n) is 17.9. The van der Waals surface area contributed by atoms with Gasteiger partial charge in [0.15, 0.2) is 0 Å². The second-order valence-electron chi connectivity index (χ2n) is 8.18. The summed E-state index contributed by atoms with van der Waals surface area (Å²) in [6.45, 7) is 3.54. The highest BCUT2D eigenvalue weighted by molar-refractivity contribution is 7.91. The summed E-state index contributed by atoms with van der Waals surface area (Å²) < 4.78 is 54.6. The van der Waals surface area contributed by atoms with Crippen LogP contribution in [-0.4, -0.2) is 75.5 Å². The summed E-state index contributed by atoms with van der Waals surface area (Å²) >= 11 is 1.18. The first-order valence-electron chi connectivity index (χ1n) is 10.6. The molecule has 8 nitrogen and oxygen atoms in total. The van der Waals surface area contributed by atoms with Crippen LogP contribution in [0.4, 0.5) is 0 Å². The Morgan fingerprint density at radius 1 is 0.906 bits per heavy atom. The third-order valence-corrected chi connectivity index (χ3v) is 11.2. The number of rotatable bonds is 5. The fourth-order valence-corrected chi connectivity index (χ4v) is 8.26. The van der Waals surface area contributed by atoms with Crippen molar-refractivity contribution in [2.75, 3.05) is 39.3 Å². The molecule has 32 heavy (non-hydrogen) atoms. The highest BCUT2D eigenvalue weighted by Crippen LogP contribution is 2.28. The molecule has 0 spiro atoms. The number of benzene rings is 1. The van der Waals surface area contributed by atoms with Crippen LogP contribution < -0.4 is 0 Å². The lowest BCUT2D eigenvalue weighted by Crippen LogP contribution is -2.54. The van der Waals surface area contributed by atoms with Gasteiger partial charge in [-0.1, -0.05) is 23.8 Å². The molecule has 2 fully saturated rings. The van der Waals surface area contributed by atoms with E-state index in [4.69, 9.17) is 0 Å². The van der Waals surface area contributed by atoms with Crippen LogP contribution in [0.3, 0.4) is 0 Å². The van der Waals surface area contributed by atoms with Crippen LogP contribution in [0.25, 0.3) is 0 Å². The van der Waals surface area contributed by atoms with Gasteiger partial charge in [-0.2, -0.15) is 8.61 Å². The first kappa shape index (κ1) is 23.4. The van der Waals surface area contributed by atoms with E-state index in [-0.39, 0.29) is 30.4 Å². The molecule has 2 aliphatic rings. The highest BCUT2D eigenvalue weighted by Gasteiger charge is 2.37. The van der Waals surface area contributed by atoms with Gasteiger partial charge in [-0.05, 0) is 43.3 Å². The minimum absolute atomic E-state index is 0.0940. The SMILES string of the molecule is Cc1ccc(S(=O)(=O)N2CCN(C(=O)C3CCCN(S(=O)(=O)c4cccs4)C3)CC2)cc1. The van der Waals surface area contributed by atoms with Crippen molar-refractivity contribution < 1.29 is 21.6 Å². The largest absolute Gasteiger partial charge is 0.340 e. The van der Waals surface area contributed by atoms with Gasteiger partial charge in [0.1, 0.15) is 4.21 Å². The number of piperidine rings is 1. The first-order chi connectivity index (χ1) is 15.2. The van der Waals surface area contributed by atoms with Crippen molar-refractivity contribution in [3.63, 3.8) is 0 Å². The molecule has 2 aromatic rings. The monoisotopic (exact) mass is 497 g/mol. The van der Waals surface area contributed by atoms with Gasteiger partial charge in [0, 0.05) is 39.3 Å². The number of hydrogen-bond acceptors (Lipinski definition) is 6. The molecule has 2 saturated heterocycles. The van der Waals surface area contributed by atoms with Crippen LogP contribution in [0, 0.1) is 12.8 Å². The number of amides is 1. The number of hydrogen-bond donors (Lipinski definition) is 0. The number of carbonyl (C=O) groups excluding carboxylic acids is 1. The molecule has 4 rings (SSSR count). The summed E-state index contributed by atoms with van der Waals surface area (Å²) in [6, 6.07) is 10.0. The van der Waals surface area contributed by atoms with Gasteiger partial charge in [0.25, 0.3) is 10.0 Å². The van der Waals surface area contributed by atoms with E-state index in [1.54, 1.807) is 46.7 Å². The molecule has 0 bridgehead atoms. The fraction of sp³-hybridized carbons (Fsp3) is 0.476. The van der Waals surface area contributed by atoms with Gasteiger partial charge in [0.2, 0.25) is 15.9 Å². The average Bonchev–Trinajstić information content (AvgIpc) is 3.35. The van der Waals surface area contributed by atoms with E-state index < -0.39 is 26.0 Å². The molecule has 1 aromatic heterocycles. The van der Waals surface area contributed by atoms with Gasteiger partial charge >= 0.3 is 0 Å². The molecule has 174 valence electrons. The molecular formula is C21H27N3O5S3. The minimum atomic E-state index is -3.60. The third kappa shape index (κ3) is 4.62. The van der Waals surface area contributed by atoms with E-state index in [0.717, 1.165) is 5.56 Å². The van der Waals surface area contributed by atoms with E-state index in [1.165, 1.54) is 19.9 Å². The van der Waals surface area contributed by atoms with Crippen LogP contribution in [-0.2, 0) is 24.8 Å². The van der Waals surface area contributed by atoms with Crippen LogP contribution >= 0.6 is 11.3 Å². The second kappa shape index (κ2) is 9.22. The zero-order valence-corrected chi connectivity index (χ0v) is 20.3. The van der Waals surface area contributed by atoms with E-state index >= 15 is 0 Å². The molecule has 0 N–H and O–H groups in total. The molecule has 0 radical (unpaired) electrons. The van der Waals surface area contributed by atoms with Crippen molar-refractivity contribution in [1.29, 1.82) is 0 Å². The van der Waals surface area contributed by atoms with Crippen LogP contribution in [0.5, 0.6) is 0 Å². The van der Waals surface area contributed by atoms with Crippen molar-refractivity contribution >= 4 is 37.3 Å². The lowest BCUT2D eigenvalue weighted by molar-refractivity contribution is -0.137. The summed E-state index contributed by atoms with van der Waals surface area (Å²) in [5.74, 6) is -0.498. The van der Waals surface area contributed by atoms with Crippen molar-refractivity contribution in [1.82, 2.24) is 13.5 Å². The Morgan fingerprint density at radius 2 is 1.59 bits per heavy atom. The van der Waals surface area contributed by atoms with Gasteiger partial charge in [-0.25, -0.2) is 16.8 Å². The Bertz CT molecular complexity index is 1150. The number of aryl methyl sites for hydroxylation is 1. The summed E-state index contributed by atoms with van der Waals surface area (Å²) in [5.41, 5.74) is 0.988.